The van der Waals surface area contributed by atoms with Gasteiger partial charge < -0.3 is 18.9 Å². The Labute approximate surface area is 168 Å². The van der Waals surface area contributed by atoms with E-state index in [4.69, 9.17) is 18.9 Å². The van der Waals surface area contributed by atoms with E-state index in [9.17, 15) is 4.79 Å². The molecule has 1 aliphatic rings. The molecule has 1 aromatic heterocycles. The van der Waals surface area contributed by atoms with E-state index in [0.717, 1.165) is 0 Å². The molecule has 0 radical (unpaired) electrons. The standard InChI is InChI=1S/C21H21N3O5/c1-13(2)11-27-21-22-19(14-7-8-17-18(10-14)29-12-28-17)24(23-21)20(25)15-5-4-6-16(9-15)26-3/h4-10,13H,11-12H2,1-3H3. The number of fused-ring (bicyclic) bond motifs is 1. The van der Waals surface area contributed by atoms with Crippen LogP contribution in [-0.4, -0.2) is 41.2 Å². The van der Waals surface area contributed by atoms with Crippen molar-refractivity contribution < 1.29 is 23.7 Å². The molecule has 29 heavy (non-hydrogen) atoms. The first-order chi connectivity index (χ1) is 14.0. The number of ether oxygens (including phenoxy) is 4. The molecule has 0 atom stereocenters. The summed E-state index contributed by atoms with van der Waals surface area (Å²) in [5.41, 5.74) is 1.09. The predicted octanol–water partition coefficient (Wildman–Crippen LogP) is 3.41. The normalized spacial score (nSPS) is 12.3. The van der Waals surface area contributed by atoms with E-state index in [1.165, 1.54) is 4.68 Å². The van der Waals surface area contributed by atoms with Gasteiger partial charge in [-0.2, -0.15) is 9.67 Å². The highest BCUT2D eigenvalue weighted by Gasteiger charge is 2.23. The van der Waals surface area contributed by atoms with Gasteiger partial charge in [-0.05, 0) is 42.3 Å². The molecule has 1 aliphatic heterocycles. The Bertz CT molecular complexity index is 1040. The van der Waals surface area contributed by atoms with Crippen molar-refractivity contribution in [2.45, 2.75) is 13.8 Å². The van der Waals surface area contributed by atoms with Crippen LogP contribution in [0.3, 0.4) is 0 Å². The fraction of sp³-hybridized carbons (Fsp3) is 0.286. The first kappa shape index (κ1) is 18.8. The van der Waals surface area contributed by atoms with Crippen LogP contribution in [0.4, 0.5) is 0 Å². The number of rotatable bonds is 6. The molecule has 0 N–H and O–H groups in total. The molecule has 0 fully saturated rings. The predicted molar refractivity (Wildman–Crippen MR) is 105 cm³/mol. The Morgan fingerprint density at radius 3 is 2.79 bits per heavy atom. The van der Waals surface area contributed by atoms with Gasteiger partial charge in [0.2, 0.25) is 6.79 Å². The lowest BCUT2D eigenvalue weighted by Crippen LogP contribution is -2.15. The average Bonchev–Trinajstić information content (AvgIpc) is 3.38. The molecule has 2 aromatic carbocycles. The van der Waals surface area contributed by atoms with E-state index < -0.39 is 0 Å². The smallest absolute Gasteiger partial charge is 0.336 e. The Balaban J connectivity index is 1.75. The largest absolute Gasteiger partial charge is 0.497 e. The van der Waals surface area contributed by atoms with Crippen molar-refractivity contribution in [3.63, 3.8) is 0 Å². The number of hydrogen-bond acceptors (Lipinski definition) is 7. The van der Waals surface area contributed by atoms with Gasteiger partial charge in [-0.3, -0.25) is 4.79 Å². The zero-order chi connectivity index (χ0) is 20.4. The third kappa shape index (κ3) is 3.87. The molecule has 3 aromatic rings. The molecule has 4 rings (SSSR count). The number of hydrogen-bond donors (Lipinski definition) is 0. The zero-order valence-corrected chi connectivity index (χ0v) is 16.4. The SMILES string of the molecule is COc1cccc(C(=O)n2nc(OCC(C)C)nc2-c2ccc3c(c2)OCO3)c1. The Morgan fingerprint density at radius 2 is 2.00 bits per heavy atom. The van der Waals surface area contributed by atoms with Crippen LogP contribution < -0.4 is 18.9 Å². The van der Waals surface area contributed by atoms with Gasteiger partial charge in [0.15, 0.2) is 17.3 Å². The summed E-state index contributed by atoms with van der Waals surface area (Å²) in [7, 11) is 1.55. The second kappa shape index (κ2) is 7.83. The first-order valence-corrected chi connectivity index (χ1v) is 9.24. The number of nitrogens with zero attached hydrogens (tertiary/aromatic N) is 3. The van der Waals surface area contributed by atoms with E-state index >= 15 is 0 Å². The maximum absolute atomic E-state index is 13.2. The van der Waals surface area contributed by atoms with Crippen LogP contribution in [0.2, 0.25) is 0 Å². The lowest BCUT2D eigenvalue weighted by Gasteiger charge is -2.07. The van der Waals surface area contributed by atoms with Gasteiger partial charge in [0, 0.05) is 11.1 Å². The molecule has 0 aliphatic carbocycles. The average molecular weight is 395 g/mol. The third-order valence-corrected chi connectivity index (χ3v) is 4.27. The molecular formula is C21H21N3O5. The summed E-state index contributed by atoms with van der Waals surface area (Å²) < 4.78 is 22.9. The second-order valence-corrected chi connectivity index (χ2v) is 6.94. The number of methoxy groups -OCH3 is 1. The molecule has 0 amide bonds. The molecule has 0 saturated heterocycles. The van der Waals surface area contributed by atoms with Crippen molar-refractivity contribution in [2.75, 3.05) is 20.5 Å². The number of benzene rings is 2. The van der Waals surface area contributed by atoms with Gasteiger partial charge >= 0.3 is 6.01 Å². The highest BCUT2D eigenvalue weighted by Crippen LogP contribution is 2.36. The number of carbonyl (C=O) groups excluding carboxylic acids is 1. The molecule has 0 spiro atoms. The van der Waals surface area contributed by atoms with E-state index in [-0.39, 0.29) is 18.7 Å². The summed E-state index contributed by atoms with van der Waals surface area (Å²) in [5, 5.41) is 4.30. The fourth-order valence-electron chi connectivity index (χ4n) is 2.84. The summed E-state index contributed by atoms with van der Waals surface area (Å²) >= 11 is 0. The van der Waals surface area contributed by atoms with Gasteiger partial charge in [0.1, 0.15) is 5.75 Å². The summed E-state index contributed by atoms with van der Waals surface area (Å²) in [4.78, 5) is 17.6. The summed E-state index contributed by atoms with van der Waals surface area (Å²) in [6, 6.07) is 12.4. The molecule has 2 heterocycles. The fourth-order valence-corrected chi connectivity index (χ4v) is 2.84. The quantitative estimate of drug-likeness (QED) is 0.632. The van der Waals surface area contributed by atoms with E-state index in [1.807, 2.05) is 13.8 Å². The number of carbonyl (C=O) groups is 1. The van der Waals surface area contributed by atoms with Crippen LogP contribution in [0.25, 0.3) is 11.4 Å². The highest BCUT2D eigenvalue weighted by molar-refractivity contribution is 5.97. The van der Waals surface area contributed by atoms with Gasteiger partial charge in [-0.1, -0.05) is 19.9 Å². The minimum atomic E-state index is -0.344. The van der Waals surface area contributed by atoms with Gasteiger partial charge in [0.25, 0.3) is 5.91 Å². The van der Waals surface area contributed by atoms with Crippen LogP contribution in [-0.2, 0) is 0 Å². The molecule has 0 saturated carbocycles. The maximum Gasteiger partial charge on any atom is 0.336 e. The van der Waals surface area contributed by atoms with Crippen molar-refractivity contribution in [3.8, 4) is 34.6 Å². The van der Waals surface area contributed by atoms with Crippen molar-refractivity contribution in [1.82, 2.24) is 14.8 Å². The molecular weight excluding hydrogens is 374 g/mol. The Kier molecular flexibility index (Phi) is 5.07. The van der Waals surface area contributed by atoms with E-state index in [2.05, 4.69) is 10.1 Å². The minimum absolute atomic E-state index is 0.141. The summed E-state index contributed by atoms with van der Waals surface area (Å²) in [6.07, 6.45) is 0. The van der Waals surface area contributed by atoms with E-state index in [1.54, 1.807) is 49.6 Å². The Morgan fingerprint density at radius 1 is 1.17 bits per heavy atom. The summed E-state index contributed by atoms with van der Waals surface area (Å²) in [6.45, 7) is 4.66. The second-order valence-electron chi connectivity index (χ2n) is 6.94. The van der Waals surface area contributed by atoms with E-state index in [0.29, 0.717) is 46.7 Å². The van der Waals surface area contributed by atoms with Gasteiger partial charge in [0.05, 0.1) is 13.7 Å². The van der Waals surface area contributed by atoms with Crippen molar-refractivity contribution in [2.24, 2.45) is 5.92 Å². The lowest BCUT2D eigenvalue weighted by molar-refractivity contribution is 0.0944. The van der Waals surface area contributed by atoms with Gasteiger partial charge in [-0.15, -0.1) is 5.10 Å². The van der Waals surface area contributed by atoms with Crippen molar-refractivity contribution in [1.29, 1.82) is 0 Å². The molecule has 150 valence electrons. The van der Waals surface area contributed by atoms with Crippen molar-refractivity contribution >= 4 is 5.91 Å². The van der Waals surface area contributed by atoms with Crippen LogP contribution >= 0.6 is 0 Å². The minimum Gasteiger partial charge on any atom is -0.497 e. The molecule has 0 unspecified atom stereocenters. The van der Waals surface area contributed by atoms with Crippen molar-refractivity contribution in [3.05, 3.63) is 48.0 Å². The topological polar surface area (TPSA) is 84.7 Å². The van der Waals surface area contributed by atoms with Gasteiger partial charge in [-0.25, -0.2) is 0 Å². The van der Waals surface area contributed by atoms with Crippen LogP contribution in [0.5, 0.6) is 23.3 Å². The van der Waals surface area contributed by atoms with Crippen LogP contribution in [0.1, 0.15) is 24.2 Å². The molecule has 8 nitrogen and oxygen atoms in total. The zero-order valence-electron chi connectivity index (χ0n) is 16.4. The number of aromatic nitrogens is 3. The maximum atomic E-state index is 13.2. The van der Waals surface area contributed by atoms with Crippen LogP contribution in [0.15, 0.2) is 42.5 Å². The molecule has 8 heteroatoms. The third-order valence-electron chi connectivity index (χ3n) is 4.27. The Hall–Kier alpha value is -3.55. The summed E-state index contributed by atoms with van der Waals surface area (Å²) in [5.74, 6) is 2.13. The first-order valence-electron chi connectivity index (χ1n) is 9.24. The highest BCUT2D eigenvalue weighted by atomic mass is 16.7. The lowest BCUT2D eigenvalue weighted by atomic mass is 10.1. The molecule has 0 bridgehead atoms. The monoisotopic (exact) mass is 395 g/mol. The van der Waals surface area contributed by atoms with Crippen LogP contribution in [0, 0.1) is 5.92 Å².